The Balaban J connectivity index is 0.00000228. The second-order valence-corrected chi connectivity index (χ2v) is 7.97. The van der Waals surface area contributed by atoms with E-state index in [9.17, 15) is 18.0 Å². The smallest absolute Gasteiger partial charge is 0.387 e. The SMILES string of the molecule is CC(N)c1oc(-c2ccc(OC(F)F)c(OCC3CC3)c2)nc1C(=O)NCc1ccc(F)cn1.Cl.Cl. The first-order valence-corrected chi connectivity index (χ1v) is 10.7. The van der Waals surface area contributed by atoms with Gasteiger partial charge in [-0.1, -0.05) is 0 Å². The van der Waals surface area contributed by atoms with E-state index in [4.69, 9.17) is 14.9 Å². The quantitative estimate of drug-likeness (QED) is 0.364. The Labute approximate surface area is 217 Å². The molecule has 0 aliphatic heterocycles. The van der Waals surface area contributed by atoms with Crippen molar-refractivity contribution < 1.29 is 31.9 Å². The van der Waals surface area contributed by atoms with Gasteiger partial charge in [-0.05, 0) is 56.0 Å². The number of halogens is 5. The molecule has 2 aromatic heterocycles. The van der Waals surface area contributed by atoms with Crippen molar-refractivity contribution in [3.63, 3.8) is 0 Å². The Morgan fingerprint density at radius 1 is 1.22 bits per heavy atom. The normalized spacial score (nSPS) is 13.4. The van der Waals surface area contributed by atoms with E-state index in [1.807, 2.05) is 0 Å². The molecule has 1 aliphatic carbocycles. The van der Waals surface area contributed by atoms with Gasteiger partial charge < -0.3 is 24.9 Å². The summed E-state index contributed by atoms with van der Waals surface area (Å²) in [5.41, 5.74) is 6.79. The van der Waals surface area contributed by atoms with Crippen LogP contribution in [0.15, 0.2) is 40.9 Å². The molecule has 0 radical (unpaired) electrons. The van der Waals surface area contributed by atoms with E-state index >= 15 is 0 Å². The number of alkyl halides is 2. The average Bonchev–Trinajstić information content (AvgIpc) is 3.52. The van der Waals surface area contributed by atoms with Crippen LogP contribution in [0.25, 0.3) is 11.5 Å². The highest BCUT2D eigenvalue weighted by molar-refractivity contribution is 5.93. The molecule has 0 bridgehead atoms. The number of nitrogens with two attached hydrogens (primary N) is 1. The molecule has 8 nitrogen and oxygen atoms in total. The monoisotopic (exact) mass is 548 g/mol. The summed E-state index contributed by atoms with van der Waals surface area (Å²) in [4.78, 5) is 20.9. The molecule has 0 spiro atoms. The highest BCUT2D eigenvalue weighted by atomic mass is 35.5. The molecule has 1 aromatic carbocycles. The van der Waals surface area contributed by atoms with Gasteiger partial charge in [0.1, 0.15) is 5.82 Å². The molecule has 3 aromatic rings. The molecular formula is C23H25Cl2F3N4O4. The number of nitrogens with zero attached hydrogens (tertiary/aromatic N) is 2. The summed E-state index contributed by atoms with van der Waals surface area (Å²) in [6.45, 7) is -0.957. The van der Waals surface area contributed by atoms with Crippen molar-refractivity contribution in [1.82, 2.24) is 15.3 Å². The molecule has 13 heteroatoms. The topological polar surface area (TPSA) is 113 Å². The van der Waals surface area contributed by atoms with Gasteiger partial charge in [0.2, 0.25) is 5.89 Å². The highest BCUT2D eigenvalue weighted by Gasteiger charge is 2.26. The van der Waals surface area contributed by atoms with Crippen LogP contribution in [0.5, 0.6) is 11.5 Å². The van der Waals surface area contributed by atoms with Gasteiger partial charge in [-0.2, -0.15) is 8.78 Å². The molecule has 1 atom stereocenters. The summed E-state index contributed by atoms with van der Waals surface area (Å²) in [7, 11) is 0. The van der Waals surface area contributed by atoms with Gasteiger partial charge in [0.25, 0.3) is 5.91 Å². The highest BCUT2D eigenvalue weighted by Crippen LogP contribution is 2.37. The van der Waals surface area contributed by atoms with Crippen LogP contribution >= 0.6 is 24.8 Å². The number of ether oxygens (including phenoxy) is 2. The van der Waals surface area contributed by atoms with E-state index < -0.39 is 24.4 Å². The maximum Gasteiger partial charge on any atom is 0.387 e. The van der Waals surface area contributed by atoms with E-state index in [2.05, 4.69) is 20.0 Å². The number of hydrogen-bond acceptors (Lipinski definition) is 7. The summed E-state index contributed by atoms with van der Waals surface area (Å²) in [5.74, 6) is -0.426. The Morgan fingerprint density at radius 3 is 2.58 bits per heavy atom. The zero-order chi connectivity index (χ0) is 24.2. The minimum atomic E-state index is -3.01. The second kappa shape index (κ2) is 12.8. The number of pyridine rings is 1. The zero-order valence-corrected chi connectivity index (χ0v) is 20.7. The number of aromatic nitrogens is 2. The lowest BCUT2D eigenvalue weighted by atomic mass is 10.2. The molecule has 1 unspecified atom stereocenters. The Hall–Kier alpha value is -3.02. The van der Waals surface area contributed by atoms with Gasteiger partial charge in [-0.15, -0.1) is 24.8 Å². The van der Waals surface area contributed by atoms with Gasteiger partial charge in [-0.25, -0.2) is 9.37 Å². The molecule has 1 saturated carbocycles. The largest absolute Gasteiger partial charge is 0.489 e. The molecule has 2 heterocycles. The number of amides is 1. The van der Waals surface area contributed by atoms with Gasteiger partial charge in [0.15, 0.2) is 23.0 Å². The lowest BCUT2D eigenvalue weighted by molar-refractivity contribution is -0.0515. The Kier molecular flexibility index (Phi) is 10.4. The minimum Gasteiger partial charge on any atom is -0.489 e. The predicted octanol–water partition coefficient (Wildman–Crippen LogP) is 5.06. The molecule has 196 valence electrons. The third-order valence-corrected chi connectivity index (χ3v) is 5.08. The number of carbonyl (C=O) groups is 1. The van der Waals surface area contributed by atoms with E-state index in [0.717, 1.165) is 19.0 Å². The van der Waals surface area contributed by atoms with Crippen molar-refractivity contribution in [2.75, 3.05) is 6.61 Å². The van der Waals surface area contributed by atoms with E-state index in [1.54, 1.807) is 6.92 Å². The number of carbonyl (C=O) groups excluding carboxylic acids is 1. The standard InChI is InChI=1S/C23H23F3N4O4.2ClH/c1-12(27)20-19(21(31)29-10-16-6-5-15(24)9-28-16)30-22(34-20)14-4-7-17(33-23(25)26)18(8-14)32-11-13-2-3-13;;/h4-9,12-13,23H,2-3,10-11,27H2,1H3,(H,29,31);2*1H. The summed E-state index contributed by atoms with van der Waals surface area (Å²) in [6.07, 6.45) is 3.09. The summed E-state index contributed by atoms with van der Waals surface area (Å²) >= 11 is 0. The Morgan fingerprint density at radius 2 is 1.97 bits per heavy atom. The molecule has 1 aliphatic rings. The fraction of sp³-hybridized carbons (Fsp3) is 0.348. The summed E-state index contributed by atoms with van der Waals surface area (Å²) in [6, 6.07) is 6.31. The number of hydrogen-bond donors (Lipinski definition) is 2. The molecule has 3 N–H and O–H groups in total. The number of oxazole rings is 1. The summed E-state index contributed by atoms with van der Waals surface area (Å²) in [5, 5.41) is 2.65. The van der Waals surface area contributed by atoms with E-state index in [0.29, 0.717) is 23.8 Å². The average molecular weight is 549 g/mol. The molecular weight excluding hydrogens is 524 g/mol. The van der Waals surface area contributed by atoms with E-state index in [-0.39, 0.29) is 60.2 Å². The number of nitrogens with one attached hydrogen (secondary N) is 1. The first-order chi connectivity index (χ1) is 16.3. The Bertz CT molecular complexity index is 1160. The third kappa shape index (κ3) is 7.49. The molecule has 1 amide bonds. The first-order valence-electron chi connectivity index (χ1n) is 10.7. The van der Waals surface area contributed by atoms with Crippen LogP contribution in [0.1, 0.15) is 47.7 Å². The fourth-order valence-corrected chi connectivity index (χ4v) is 3.13. The van der Waals surface area contributed by atoms with Crippen LogP contribution in [-0.2, 0) is 6.54 Å². The predicted molar refractivity (Wildman–Crippen MR) is 129 cm³/mol. The second-order valence-electron chi connectivity index (χ2n) is 7.97. The maximum absolute atomic E-state index is 13.0. The van der Waals surface area contributed by atoms with Crippen LogP contribution in [0.3, 0.4) is 0 Å². The number of benzene rings is 1. The van der Waals surface area contributed by atoms with Gasteiger partial charge in [-0.3, -0.25) is 9.78 Å². The lowest BCUT2D eigenvalue weighted by Gasteiger charge is -2.12. The van der Waals surface area contributed by atoms with Crippen molar-refractivity contribution in [2.45, 2.75) is 39.0 Å². The van der Waals surface area contributed by atoms with Crippen LogP contribution in [0, 0.1) is 11.7 Å². The van der Waals surface area contributed by atoms with E-state index in [1.165, 1.54) is 30.3 Å². The first kappa shape index (κ1) is 29.2. The molecule has 0 saturated heterocycles. The molecule has 36 heavy (non-hydrogen) atoms. The third-order valence-electron chi connectivity index (χ3n) is 5.08. The van der Waals surface area contributed by atoms with Crippen molar-refractivity contribution >= 4 is 30.7 Å². The molecule has 1 fully saturated rings. The van der Waals surface area contributed by atoms with Crippen LogP contribution in [0.4, 0.5) is 13.2 Å². The van der Waals surface area contributed by atoms with Crippen LogP contribution in [0.2, 0.25) is 0 Å². The van der Waals surface area contributed by atoms with Gasteiger partial charge in [0, 0.05) is 5.56 Å². The zero-order valence-electron chi connectivity index (χ0n) is 19.1. The fourth-order valence-electron chi connectivity index (χ4n) is 3.13. The lowest BCUT2D eigenvalue weighted by Crippen LogP contribution is -2.25. The number of rotatable bonds is 10. The van der Waals surface area contributed by atoms with Crippen LogP contribution < -0.4 is 20.5 Å². The van der Waals surface area contributed by atoms with Gasteiger partial charge in [0.05, 0.1) is 31.1 Å². The summed E-state index contributed by atoms with van der Waals surface area (Å²) < 4.78 is 54.6. The van der Waals surface area contributed by atoms with Crippen molar-refractivity contribution in [3.05, 3.63) is 59.5 Å². The van der Waals surface area contributed by atoms with Gasteiger partial charge >= 0.3 is 6.61 Å². The molecule has 4 rings (SSSR count). The van der Waals surface area contributed by atoms with Crippen molar-refractivity contribution in [1.29, 1.82) is 0 Å². The van der Waals surface area contributed by atoms with Crippen molar-refractivity contribution in [2.24, 2.45) is 11.7 Å². The van der Waals surface area contributed by atoms with Crippen LogP contribution in [-0.4, -0.2) is 29.1 Å². The van der Waals surface area contributed by atoms with Crippen molar-refractivity contribution in [3.8, 4) is 23.0 Å². The maximum atomic E-state index is 13.0. The minimum absolute atomic E-state index is 0.